The molecular formula is C8H17N3O. The molecule has 0 radical (unpaired) electrons. The summed E-state index contributed by atoms with van der Waals surface area (Å²) in [6.45, 7) is 2.99. The molecule has 1 amide bonds. The molecule has 0 bridgehead atoms. The molecule has 0 aromatic carbocycles. The number of primary amides is 1. The molecule has 0 saturated carbocycles. The van der Waals surface area contributed by atoms with Crippen LogP contribution >= 0.6 is 0 Å². The van der Waals surface area contributed by atoms with Crippen molar-refractivity contribution in [3.05, 3.63) is 0 Å². The molecule has 0 aromatic heterocycles. The lowest BCUT2D eigenvalue weighted by molar-refractivity contribution is -0.119. The van der Waals surface area contributed by atoms with Gasteiger partial charge in [0.1, 0.15) is 0 Å². The van der Waals surface area contributed by atoms with Gasteiger partial charge in [-0.05, 0) is 26.3 Å². The average molecular weight is 171 g/mol. The molecule has 2 atom stereocenters. The van der Waals surface area contributed by atoms with Crippen molar-refractivity contribution in [3.63, 3.8) is 0 Å². The smallest absolute Gasteiger partial charge is 0.219 e. The molecule has 0 aliphatic carbocycles. The minimum Gasteiger partial charge on any atom is -0.370 e. The van der Waals surface area contributed by atoms with E-state index in [9.17, 15) is 4.79 Å². The van der Waals surface area contributed by atoms with Crippen molar-refractivity contribution in [3.8, 4) is 0 Å². The van der Waals surface area contributed by atoms with E-state index in [0.29, 0.717) is 0 Å². The van der Waals surface area contributed by atoms with Crippen molar-refractivity contribution >= 4 is 5.91 Å². The Bertz CT molecular complexity index is 183. The van der Waals surface area contributed by atoms with Gasteiger partial charge in [0, 0.05) is 18.0 Å². The predicted octanol–water partition coefficient (Wildman–Crippen LogP) is -0.669. The lowest BCUT2D eigenvalue weighted by Crippen LogP contribution is -2.60. The van der Waals surface area contributed by atoms with Crippen LogP contribution in [-0.2, 0) is 4.79 Å². The third-order valence-corrected chi connectivity index (χ3v) is 2.64. The normalized spacial score (nSPS) is 36.3. The maximum atomic E-state index is 10.7. The number of amides is 1. The lowest BCUT2D eigenvalue weighted by atomic mass is 9.81. The van der Waals surface area contributed by atoms with Gasteiger partial charge >= 0.3 is 0 Å². The molecular weight excluding hydrogens is 154 g/mol. The van der Waals surface area contributed by atoms with Crippen LogP contribution in [0.25, 0.3) is 0 Å². The van der Waals surface area contributed by atoms with Gasteiger partial charge in [-0.3, -0.25) is 4.79 Å². The zero-order valence-electron chi connectivity index (χ0n) is 7.47. The van der Waals surface area contributed by atoms with Crippen molar-refractivity contribution in [1.29, 1.82) is 0 Å². The summed E-state index contributed by atoms with van der Waals surface area (Å²) in [5.74, 6) is -0.312. The van der Waals surface area contributed by atoms with Gasteiger partial charge in [0.2, 0.25) is 5.91 Å². The van der Waals surface area contributed by atoms with Crippen LogP contribution in [0.2, 0.25) is 0 Å². The Labute approximate surface area is 72.7 Å². The first kappa shape index (κ1) is 9.48. The molecule has 70 valence electrons. The number of rotatable bonds is 2. The largest absolute Gasteiger partial charge is 0.370 e. The van der Waals surface area contributed by atoms with E-state index in [1.807, 2.05) is 6.92 Å². The van der Waals surface area contributed by atoms with Crippen LogP contribution in [-0.4, -0.2) is 24.0 Å². The molecule has 0 aromatic rings. The molecule has 4 heteroatoms. The van der Waals surface area contributed by atoms with Crippen molar-refractivity contribution in [1.82, 2.24) is 5.32 Å². The summed E-state index contributed by atoms with van der Waals surface area (Å²) < 4.78 is 0. The Morgan fingerprint density at radius 3 is 2.92 bits per heavy atom. The Kier molecular flexibility index (Phi) is 2.69. The fourth-order valence-corrected chi connectivity index (χ4v) is 1.72. The van der Waals surface area contributed by atoms with E-state index in [4.69, 9.17) is 11.5 Å². The molecule has 1 aliphatic rings. The molecule has 1 aliphatic heterocycles. The van der Waals surface area contributed by atoms with Crippen molar-refractivity contribution in [2.45, 2.75) is 37.8 Å². The van der Waals surface area contributed by atoms with Gasteiger partial charge < -0.3 is 16.8 Å². The standard InChI is InChI=1S/C8H17N3O/c1-6-8(10,5-7(9)12)3-2-4-11-6/h6,11H,2-5,10H2,1H3,(H2,9,12). The fourth-order valence-electron chi connectivity index (χ4n) is 1.72. The third-order valence-electron chi connectivity index (χ3n) is 2.64. The van der Waals surface area contributed by atoms with Gasteiger partial charge in [0.05, 0.1) is 0 Å². The highest BCUT2D eigenvalue weighted by atomic mass is 16.1. The second-order valence-electron chi connectivity index (χ2n) is 3.66. The van der Waals surface area contributed by atoms with Crippen LogP contribution in [0, 0.1) is 0 Å². The zero-order chi connectivity index (χ0) is 9.19. The number of nitrogens with two attached hydrogens (primary N) is 2. The van der Waals surface area contributed by atoms with E-state index in [2.05, 4.69) is 5.32 Å². The summed E-state index contributed by atoms with van der Waals surface area (Å²) in [5, 5.41) is 3.25. The molecule has 1 heterocycles. The maximum Gasteiger partial charge on any atom is 0.219 e. The van der Waals surface area contributed by atoms with Crippen LogP contribution in [0.1, 0.15) is 26.2 Å². The molecule has 12 heavy (non-hydrogen) atoms. The van der Waals surface area contributed by atoms with E-state index in [1.165, 1.54) is 0 Å². The van der Waals surface area contributed by atoms with E-state index in [0.717, 1.165) is 19.4 Å². The summed E-state index contributed by atoms with van der Waals surface area (Å²) in [7, 11) is 0. The van der Waals surface area contributed by atoms with Gasteiger partial charge in [-0.2, -0.15) is 0 Å². The molecule has 1 saturated heterocycles. The van der Waals surface area contributed by atoms with E-state index in [-0.39, 0.29) is 18.4 Å². The molecule has 0 spiro atoms. The maximum absolute atomic E-state index is 10.7. The Morgan fingerprint density at radius 2 is 2.42 bits per heavy atom. The molecule has 4 nitrogen and oxygen atoms in total. The number of carbonyl (C=O) groups is 1. The Hall–Kier alpha value is -0.610. The highest BCUT2D eigenvalue weighted by Gasteiger charge is 2.35. The van der Waals surface area contributed by atoms with E-state index in [1.54, 1.807) is 0 Å². The quantitative estimate of drug-likeness (QED) is 0.515. The molecule has 5 N–H and O–H groups in total. The second-order valence-corrected chi connectivity index (χ2v) is 3.66. The van der Waals surface area contributed by atoms with E-state index >= 15 is 0 Å². The highest BCUT2D eigenvalue weighted by Crippen LogP contribution is 2.22. The topological polar surface area (TPSA) is 81.1 Å². The minimum absolute atomic E-state index is 0.179. The first-order chi connectivity index (χ1) is 5.54. The first-order valence-corrected chi connectivity index (χ1v) is 4.35. The highest BCUT2D eigenvalue weighted by molar-refractivity contribution is 5.75. The van der Waals surface area contributed by atoms with Crippen molar-refractivity contribution in [2.75, 3.05) is 6.54 Å². The first-order valence-electron chi connectivity index (χ1n) is 4.35. The minimum atomic E-state index is -0.427. The van der Waals surface area contributed by atoms with Gasteiger partial charge in [-0.15, -0.1) is 0 Å². The van der Waals surface area contributed by atoms with Gasteiger partial charge in [-0.1, -0.05) is 0 Å². The number of hydrogen-bond donors (Lipinski definition) is 3. The van der Waals surface area contributed by atoms with Gasteiger partial charge in [0.15, 0.2) is 0 Å². The fraction of sp³-hybridized carbons (Fsp3) is 0.875. The van der Waals surface area contributed by atoms with Crippen LogP contribution < -0.4 is 16.8 Å². The van der Waals surface area contributed by atoms with E-state index < -0.39 is 5.54 Å². The number of piperidine rings is 1. The second kappa shape index (κ2) is 3.41. The van der Waals surface area contributed by atoms with Crippen molar-refractivity contribution < 1.29 is 4.79 Å². The Balaban J connectivity index is 2.59. The van der Waals surface area contributed by atoms with Gasteiger partial charge in [0.25, 0.3) is 0 Å². The molecule has 1 fully saturated rings. The summed E-state index contributed by atoms with van der Waals surface area (Å²) in [4.78, 5) is 10.7. The number of carbonyl (C=O) groups excluding carboxylic acids is 1. The monoisotopic (exact) mass is 171 g/mol. The van der Waals surface area contributed by atoms with Crippen LogP contribution in [0.3, 0.4) is 0 Å². The SMILES string of the molecule is CC1NCCCC1(N)CC(N)=O. The van der Waals surface area contributed by atoms with Crippen molar-refractivity contribution in [2.24, 2.45) is 11.5 Å². The summed E-state index contributed by atoms with van der Waals surface area (Å²) in [6, 6.07) is 0.179. The van der Waals surface area contributed by atoms with Crippen LogP contribution in [0.4, 0.5) is 0 Å². The Morgan fingerprint density at radius 1 is 1.75 bits per heavy atom. The lowest BCUT2D eigenvalue weighted by Gasteiger charge is -2.39. The number of hydrogen-bond acceptors (Lipinski definition) is 3. The third kappa shape index (κ3) is 1.95. The van der Waals surface area contributed by atoms with Gasteiger partial charge in [-0.25, -0.2) is 0 Å². The summed E-state index contributed by atoms with van der Waals surface area (Å²) >= 11 is 0. The summed E-state index contributed by atoms with van der Waals surface area (Å²) in [6.07, 6.45) is 2.18. The number of nitrogens with one attached hydrogen (secondary N) is 1. The molecule has 2 unspecified atom stereocenters. The van der Waals surface area contributed by atoms with Crippen LogP contribution in [0.5, 0.6) is 0 Å². The van der Waals surface area contributed by atoms with Crippen LogP contribution in [0.15, 0.2) is 0 Å². The molecule has 1 rings (SSSR count). The summed E-state index contributed by atoms with van der Waals surface area (Å²) in [5.41, 5.74) is 10.7. The zero-order valence-corrected chi connectivity index (χ0v) is 7.47. The predicted molar refractivity (Wildman–Crippen MR) is 47.4 cm³/mol. The average Bonchev–Trinajstić information content (AvgIpc) is 1.94.